The Hall–Kier alpha value is -1.03. The molecule has 0 fully saturated rings. The molecule has 1 aromatic heterocycles. The predicted molar refractivity (Wildman–Crippen MR) is 43.8 cm³/mol. The number of hydrogen-bond acceptors (Lipinski definition) is 2. The molecule has 1 heterocycles. The van der Waals surface area contributed by atoms with Crippen LogP contribution in [0.4, 0.5) is 5.82 Å². The molecule has 4 heteroatoms. The molecule has 0 spiro atoms. The van der Waals surface area contributed by atoms with Gasteiger partial charge in [0, 0.05) is 0 Å². The zero-order chi connectivity index (χ0) is 8.43. The predicted octanol–water partition coefficient (Wildman–Crippen LogP) is -1.07. The van der Waals surface area contributed by atoms with Crippen LogP contribution in [0.5, 0.6) is 0 Å². The van der Waals surface area contributed by atoms with Gasteiger partial charge in [-0.2, -0.15) is 0 Å². The topological polar surface area (TPSA) is 60.9 Å². The first-order valence-corrected chi connectivity index (χ1v) is 3.67. The molecule has 11 heavy (non-hydrogen) atoms. The average Bonchev–Trinajstić information content (AvgIpc) is 2.19. The molecule has 0 aromatic carbocycles. The molecule has 4 N–H and O–H groups in total. The van der Waals surface area contributed by atoms with Crippen LogP contribution in [0.2, 0.25) is 0 Å². The first-order chi connectivity index (χ1) is 5.16. The van der Waals surface area contributed by atoms with E-state index >= 15 is 0 Å². The number of nitrogens with zero attached hydrogens (tertiary/aromatic N) is 2. The number of nitrogens with two attached hydrogens (primary N) is 2. The monoisotopic (exact) mass is 155 g/mol. The Morgan fingerprint density at radius 2 is 2.27 bits per heavy atom. The Bertz CT molecular complexity index is 251. The van der Waals surface area contributed by atoms with E-state index < -0.39 is 0 Å². The highest BCUT2D eigenvalue weighted by Crippen LogP contribution is 2.06. The summed E-state index contributed by atoms with van der Waals surface area (Å²) in [7, 11) is 3.88. The molecular formula is C7H15N4+. The van der Waals surface area contributed by atoms with Crippen molar-refractivity contribution in [2.45, 2.75) is 6.42 Å². The third kappa shape index (κ3) is 1.35. The summed E-state index contributed by atoms with van der Waals surface area (Å²) in [6.07, 6.45) is 2.85. The molecule has 0 aliphatic rings. The van der Waals surface area contributed by atoms with Crippen LogP contribution in [0, 0.1) is 0 Å². The van der Waals surface area contributed by atoms with Gasteiger partial charge >= 0.3 is 0 Å². The molecule has 4 nitrogen and oxygen atoms in total. The van der Waals surface area contributed by atoms with Crippen LogP contribution < -0.4 is 16.1 Å². The standard InChI is InChI=1S/C7H14N4/c1-10-5-6(3-4-8)7(9)11(10)2/h5,9H,3-4,8H2,1-2H3/p+1. The Labute approximate surface area is 66.4 Å². The Morgan fingerprint density at radius 1 is 1.64 bits per heavy atom. The second kappa shape index (κ2) is 2.92. The maximum absolute atomic E-state index is 5.78. The highest BCUT2D eigenvalue weighted by molar-refractivity contribution is 5.36. The van der Waals surface area contributed by atoms with E-state index in [-0.39, 0.29) is 0 Å². The second-order valence-corrected chi connectivity index (χ2v) is 2.68. The van der Waals surface area contributed by atoms with Crippen molar-refractivity contribution in [3.63, 3.8) is 0 Å². The minimum atomic E-state index is 0.647. The van der Waals surface area contributed by atoms with Crippen molar-refractivity contribution in [2.75, 3.05) is 12.3 Å². The largest absolute Gasteiger partial charge is 0.380 e. The fraction of sp³-hybridized carbons (Fsp3) is 0.571. The summed E-state index contributed by atoms with van der Waals surface area (Å²) >= 11 is 0. The molecular weight excluding hydrogens is 140 g/mol. The maximum Gasteiger partial charge on any atom is 0.200 e. The van der Waals surface area contributed by atoms with Gasteiger partial charge in [0.15, 0.2) is 12.9 Å². The van der Waals surface area contributed by atoms with Gasteiger partial charge < -0.3 is 11.5 Å². The number of nitrogen functional groups attached to an aromatic ring is 1. The smallest absolute Gasteiger partial charge is 0.200 e. The summed E-state index contributed by atoms with van der Waals surface area (Å²) < 4.78 is 3.84. The number of anilines is 1. The van der Waals surface area contributed by atoms with E-state index in [4.69, 9.17) is 11.5 Å². The van der Waals surface area contributed by atoms with Gasteiger partial charge in [0.1, 0.15) is 0 Å². The Kier molecular flexibility index (Phi) is 2.14. The van der Waals surface area contributed by atoms with Gasteiger partial charge in [-0.1, -0.05) is 0 Å². The lowest BCUT2D eigenvalue weighted by molar-refractivity contribution is -0.750. The highest BCUT2D eigenvalue weighted by Gasteiger charge is 2.11. The first-order valence-electron chi connectivity index (χ1n) is 3.67. The summed E-state index contributed by atoms with van der Waals surface area (Å²) in [4.78, 5) is 0. The molecule has 0 radical (unpaired) electrons. The van der Waals surface area contributed by atoms with E-state index in [2.05, 4.69) is 0 Å². The average molecular weight is 155 g/mol. The Balaban J connectivity index is 2.98. The van der Waals surface area contributed by atoms with Gasteiger partial charge in [0.25, 0.3) is 0 Å². The van der Waals surface area contributed by atoms with E-state index in [0.717, 1.165) is 17.8 Å². The van der Waals surface area contributed by atoms with Crippen molar-refractivity contribution >= 4 is 5.82 Å². The van der Waals surface area contributed by atoms with Gasteiger partial charge in [-0.25, -0.2) is 0 Å². The summed E-state index contributed by atoms with van der Waals surface area (Å²) in [6, 6.07) is 0. The van der Waals surface area contributed by atoms with Crippen molar-refractivity contribution in [1.82, 2.24) is 4.68 Å². The van der Waals surface area contributed by atoms with Crippen molar-refractivity contribution in [3.05, 3.63) is 11.8 Å². The van der Waals surface area contributed by atoms with Crippen molar-refractivity contribution < 1.29 is 4.68 Å². The van der Waals surface area contributed by atoms with Crippen LogP contribution in [0.15, 0.2) is 6.20 Å². The summed E-state index contributed by atoms with van der Waals surface area (Å²) in [5.74, 6) is 0.804. The van der Waals surface area contributed by atoms with Crippen molar-refractivity contribution in [2.24, 2.45) is 19.8 Å². The highest BCUT2D eigenvalue weighted by atomic mass is 15.4. The van der Waals surface area contributed by atoms with Gasteiger partial charge in [0.05, 0.1) is 12.6 Å². The zero-order valence-corrected chi connectivity index (χ0v) is 7.04. The SMILES string of the molecule is Cn1c(N)c(CCN)c[n+]1C. The molecule has 0 aliphatic heterocycles. The van der Waals surface area contributed by atoms with Crippen LogP contribution in [0.1, 0.15) is 5.56 Å². The number of hydrogen-bond donors (Lipinski definition) is 2. The summed E-state index contributed by atoms with van der Waals surface area (Å²) in [5, 5.41) is 0. The lowest BCUT2D eigenvalue weighted by Gasteiger charge is -1.93. The summed E-state index contributed by atoms with van der Waals surface area (Å²) in [5.41, 5.74) is 12.3. The van der Waals surface area contributed by atoms with Gasteiger partial charge in [-0.05, 0) is 13.0 Å². The molecule has 0 unspecified atom stereocenters. The normalized spacial score (nSPS) is 10.5. The Morgan fingerprint density at radius 3 is 2.64 bits per heavy atom. The lowest BCUT2D eigenvalue weighted by Crippen LogP contribution is -2.36. The van der Waals surface area contributed by atoms with E-state index in [0.29, 0.717) is 6.54 Å². The fourth-order valence-electron chi connectivity index (χ4n) is 1.10. The van der Waals surface area contributed by atoms with Gasteiger partial charge in [-0.15, -0.1) is 9.36 Å². The molecule has 1 aromatic rings. The molecule has 1 rings (SSSR count). The minimum absolute atomic E-state index is 0.647. The quantitative estimate of drug-likeness (QED) is 0.534. The molecule has 0 bridgehead atoms. The second-order valence-electron chi connectivity index (χ2n) is 2.68. The third-order valence-electron chi connectivity index (χ3n) is 1.91. The van der Waals surface area contributed by atoms with Gasteiger partial charge in [-0.3, -0.25) is 0 Å². The summed E-state index contributed by atoms with van der Waals surface area (Å²) in [6.45, 7) is 0.647. The molecule has 0 saturated carbocycles. The van der Waals surface area contributed by atoms with Crippen LogP contribution in [-0.2, 0) is 20.5 Å². The maximum atomic E-state index is 5.78. The van der Waals surface area contributed by atoms with Crippen molar-refractivity contribution in [3.8, 4) is 0 Å². The molecule has 0 atom stereocenters. The molecule has 0 aliphatic carbocycles. The number of aryl methyl sites for hydroxylation is 1. The van der Waals surface area contributed by atoms with E-state index in [1.54, 1.807) is 0 Å². The van der Waals surface area contributed by atoms with E-state index in [9.17, 15) is 0 Å². The van der Waals surface area contributed by atoms with E-state index in [1.807, 2.05) is 29.7 Å². The third-order valence-corrected chi connectivity index (χ3v) is 1.91. The van der Waals surface area contributed by atoms with Crippen LogP contribution in [0.3, 0.4) is 0 Å². The lowest BCUT2D eigenvalue weighted by atomic mass is 10.2. The van der Waals surface area contributed by atoms with Crippen LogP contribution in [0.25, 0.3) is 0 Å². The first kappa shape index (κ1) is 8.07. The van der Waals surface area contributed by atoms with Crippen LogP contribution >= 0.6 is 0 Å². The number of rotatable bonds is 2. The zero-order valence-electron chi connectivity index (χ0n) is 7.04. The van der Waals surface area contributed by atoms with Crippen molar-refractivity contribution in [1.29, 1.82) is 0 Å². The molecule has 0 amide bonds. The fourth-order valence-corrected chi connectivity index (χ4v) is 1.10. The van der Waals surface area contributed by atoms with Gasteiger partial charge in [0.2, 0.25) is 6.20 Å². The van der Waals surface area contributed by atoms with E-state index in [1.165, 1.54) is 0 Å². The molecule has 0 saturated heterocycles. The minimum Gasteiger partial charge on any atom is -0.380 e. The van der Waals surface area contributed by atoms with Crippen LogP contribution in [-0.4, -0.2) is 11.2 Å². The molecule has 62 valence electrons. The number of aromatic nitrogens is 2.